The summed E-state index contributed by atoms with van der Waals surface area (Å²) in [5, 5.41) is 0.0222. The van der Waals surface area contributed by atoms with Crippen molar-refractivity contribution in [2.45, 2.75) is 223 Å². The molecule has 13 fully saturated rings. The monoisotopic (exact) mass is 1600 g/mol. The number of ketones is 1. The highest BCUT2D eigenvalue weighted by atomic mass is 32.2. The second-order valence-corrected chi connectivity index (χ2v) is 42.6. The Balaban J connectivity index is 0.000000119. The van der Waals surface area contributed by atoms with Crippen molar-refractivity contribution in [2.24, 2.45) is 74.9 Å². The minimum atomic E-state index is -3.00. The first-order chi connectivity index (χ1) is 54.4. The van der Waals surface area contributed by atoms with Gasteiger partial charge in [0.1, 0.15) is 31.3 Å². The molecule has 7 aromatic carbocycles. The van der Waals surface area contributed by atoms with Gasteiger partial charge in [0.2, 0.25) is 5.78 Å². The number of Topliss-reactive ketones (excluding diaryl/α,β-unsaturated/α-hetero) is 1. The van der Waals surface area contributed by atoms with Gasteiger partial charge in [-0.05, 0) is 292 Å². The average Bonchev–Trinajstić information content (AvgIpc) is 0.757. The second-order valence-electron chi connectivity index (χ2n) is 36.2. The van der Waals surface area contributed by atoms with Crippen molar-refractivity contribution in [1.82, 2.24) is 0 Å². The third kappa shape index (κ3) is 23.1. The number of ether oxygens (including phenoxy) is 6. The molecule has 14 aliphatic rings. The summed E-state index contributed by atoms with van der Waals surface area (Å²) in [6.07, 6.45) is 22.9. The number of rotatable bonds is 19. The Bertz CT molecular complexity index is 3710. The zero-order valence-corrected chi connectivity index (χ0v) is 69.8. The first kappa shape index (κ1) is 84.2. The summed E-state index contributed by atoms with van der Waals surface area (Å²) in [5.74, 6) is 7.87. The van der Waals surface area contributed by atoms with E-state index in [2.05, 4.69) is 207 Å². The van der Waals surface area contributed by atoms with Crippen LogP contribution in [0.1, 0.15) is 180 Å². The highest BCUT2D eigenvalue weighted by molar-refractivity contribution is 7.98. The van der Waals surface area contributed by atoms with Crippen LogP contribution in [0, 0.1) is 74.9 Å². The van der Waals surface area contributed by atoms with E-state index in [0.717, 1.165) is 122 Å². The zero-order chi connectivity index (χ0) is 79.2. The van der Waals surface area contributed by atoms with Crippen LogP contribution >= 0.6 is 0 Å². The fourth-order valence-corrected chi connectivity index (χ4v) is 29.1. The topological polar surface area (TPSA) is 107 Å². The minimum Gasteiger partial charge on any atom is -0.486 e. The van der Waals surface area contributed by atoms with Gasteiger partial charge in [0.25, 0.3) is 5.92 Å². The smallest absolute Gasteiger partial charge is 0.486 e. The first-order valence-corrected chi connectivity index (χ1v) is 46.1. The third-order valence-corrected chi connectivity index (χ3v) is 32.8. The molecule has 3 atom stereocenters. The van der Waals surface area contributed by atoms with Gasteiger partial charge in [0, 0.05) is 39.6 Å². The Hall–Kier alpha value is -6.72. The van der Waals surface area contributed by atoms with Gasteiger partial charge in [-0.15, -0.1) is 0 Å². The molecule has 0 spiro atoms. The summed E-state index contributed by atoms with van der Waals surface area (Å²) < 4.78 is 82.4. The Morgan fingerprint density at radius 2 is 0.770 bits per heavy atom. The van der Waals surface area contributed by atoms with Crippen molar-refractivity contribution < 1.29 is 60.4 Å². The Morgan fingerprint density at radius 1 is 0.442 bits per heavy atom. The van der Waals surface area contributed by atoms with E-state index in [1.54, 1.807) is 6.92 Å². The van der Waals surface area contributed by atoms with Crippen molar-refractivity contribution in [1.29, 1.82) is 0 Å². The van der Waals surface area contributed by atoms with Crippen LogP contribution in [0.15, 0.2) is 230 Å². The SMILES string of the molecule is CC(C)(C)C(C(=O)c1ccc2c(c1)OCCO2)[S+]1CCOCC1.CC(F)(F)COC(=O)OCC12CC3CC(CC(C3)C1)C2.CC(F)C(=O)OCC12CC3CC(CC(C3)C1)C2.CC(F)CCC12CC3CC(CC(C3)C1)C2.c1ccc([S+](c2ccccc2)c2ccccc2)cc1.c1ccc([S+](c2ccccc2)c2ccccc2)cc1. The standard InChI is InChI=1S/C18H25O4S.2C18H15S.C15H22F2O3.C14H21FO2.C14H23F/c1-18(2,3)17(23-10-8-20-9-11-23)16(19)13-4-5-14-15(12-13)22-7-6-21-14;2*1-4-10-16(11-5-1)19(17-12-6-2-7-13-17)18-14-8-3-9-15-18;1-14(16,17)8-19-13(18)20-9-15-5-10-2-11(6-15)4-12(3-10)7-15;1-9(15)13(16)17-8-14-5-10-2-11(6-14)4-12(3-10)7-14;1-10(15)2-3-14-7-11-4-12(8-14)6-13(5-11)9-14/h4-5,12,17H,6-11H2,1-3H3;2*1-15H;10-12H,2-9H2,1H3;9-12H,2-8H2,1H3;10-13H,2-9H2,1H3/q3*+1;;;. The third-order valence-electron chi connectivity index (χ3n) is 25.4. The van der Waals surface area contributed by atoms with Crippen LogP contribution in [0.3, 0.4) is 0 Å². The zero-order valence-electron chi connectivity index (χ0n) is 67.4. The molecule has 113 heavy (non-hydrogen) atoms. The van der Waals surface area contributed by atoms with Gasteiger partial charge in [0.05, 0.1) is 47.8 Å². The lowest BCUT2D eigenvalue weighted by atomic mass is 9.48. The Labute approximate surface area is 679 Å². The summed E-state index contributed by atoms with van der Waals surface area (Å²) in [7, 11) is 0.0399. The average molecular weight is 1600 g/mol. The molecule has 2 heterocycles. The van der Waals surface area contributed by atoms with Crippen LogP contribution in [0.5, 0.6) is 11.5 Å². The lowest BCUT2D eigenvalue weighted by molar-refractivity contribution is -0.160. The first-order valence-electron chi connectivity index (χ1n) is 42.0. The molecule has 0 aromatic heterocycles. The molecular weight excluding hydrogens is 1480 g/mol. The quantitative estimate of drug-likeness (QED) is 0.0339. The van der Waals surface area contributed by atoms with Gasteiger partial charge < -0.3 is 28.4 Å². The van der Waals surface area contributed by atoms with E-state index in [1.165, 1.54) is 139 Å². The van der Waals surface area contributed by atoms with Gasteiger partial charge in [-0.1, -0.05) is 130 Å². The lowest BCUT2D eigenvalue weighted by Crippen LogP contribution is -2.48. The predicted octanol–water partition coefficient (Wildman–Crippen LogP) is 23.7. The molecule has 12 saturated carbocycles. The molecule has 12 aliphatic carbocycles. The Kier molecular flexibility index (Phi) is 28.7. The number of halogens is 4. The van der Waals surface area contributed by atoms with Gasteiger partial charge in [-0.3, -0.25) is 4.79 Å². The summed E-state index contributed by atoms with van der Waals surface area (Å²) in [6, 6.07) is 69.9. The molecule has 21 rings (SSSR count). The van der Waals surface area contributed by atoms with Gasteiger partial charge in [-0.25, -0.2) is 27.2 Å². The maximum atomic E-state index is 13.2. The summed E-state index contributed by atoms with van der Waals surface area (Å²) in [5.41, 5.74) is 1.56. The number of hydrogen-bond acceptors (Lipinski definition) is 9. The maximum Gasteiger partial charge on any atom is 0.508 e. The van der Waals surface area contributed by atoms with Crippen LogP contribution in [0.25, 0.3) is 0 Å². The maximum absolute atomic E-state index is 13.2. The van der Waals surface area contributed by atoms with E-state index >= 15 is 0 Å². The van der Waals surface area contributed by atoms with Crippen LogP contribution < -0.4 is 9.47 Å². The van der Waals surface area contributed by atoms with Crippen LogP contribution in [0.4, 0.5) is 22.4 Å². The molecule has 0 N–H and O–H groups in total. The van der Waals surface area contributed by atoms with E-state index < -0.39 is 37.0 Å². The van der Waals surface area contributed by atoms with Crippen molar-refractivity contribution in [3.05, 3.63) is 206 Å². The molecule has 606 valence electrons. The van der Waals surface area contributed by atoms with Crippen LogP contribution in [0.2, 0.25) is 0 Å². The number of carbonyl (C=O) groups excluding carboxylic acids is 3. The lowest BCUT2D eigenvalue weighted by Gasteiger charge is -2.57. The fourth-order valence-electron chi connectivity index (χ4n) is 22.1. The van der Waals surface area contributed by atoms with Gasteiger partial charge >= 0.3 is 12.1 Å². The van der Waals surface area contributed by atoms with E-state index in [9.17, 15) is 31.9 Å². The number of carbonyl (C=O) groups is 3. The second kappa shape index (κ2) is 38.6. The number of esters is 1. The fraction of sp³-hybridized carbons (Fsp3) is 0.536. The number of fused-ring (bicyclic) bond motifs is 1. The van der Waals surface area contributed by atoms with Crippen molar-refractivity contribution in [3.8, 4) is 11.5 Å². The number of hydrogen-bond donors (Lipinski definition) is 0. The molecule has 2 aliphatic heterocycles. The van der Waals surface area contributed by atoms with Gasteiger partial charge in [-0.2, -0.15) is 0 Å². The number of benzene rings is 7. The molecule has 12 bridgehead atoms. The van der Waals surface area contributed by atoms with E-state index in [-0.39, 0.29) is 60.0 Å². The van der Waals surface area contributed by atoms with Crippen molar-refractivity contribution >= 4 is 50.6 Å². The van der Waals surface area contributed by atoms with Crippen LogP contribution in [-0.4, -0.2) is 99.2 Å². The highest BCUT2D eigenvalue weighted by Gasteiger charge is 2.54. The Morgan fingerprint density at radius 3 is 1.09 bits per heavy atom. The summed E-state index contributed by atoms with van der Waals surface area (Å²) in [6.45, 7) is 12.7. The van der Waals surface area contributed by atoms with E-state index in [4.69, 9.17) is 23.7 Å². The van der Waals surface area contributed by atoms with Crippen molar-refractivity contribution in [2.75, 3.05) is 57.8 Å². The molecule has 7 aromatic rings. The molecule has 1 saturated heterocycles. The number of alkyl halides is 4. The highest BCUT2D eigenvalue weighted by Crippen LogP contribution is 2.63. The normalized spacial score (nSPS) is 27.8. The van der Waals surface area contributed by atoms with Crippen LogP contribution in [-0.2, 0) is 56.4 Å². The van der Waals surface area contributed by atoms with E-state index in [1.807, 2.05) is 18.2 Å². The molecule has 16 heteroatoms. The molecular formula is C97H121F4O9S3+3. The molecule has 0 amide bonds. The summed E-state index contributed by atoms with van der Waals surface area (Å²) >= 11 is 0. The van der Waals surface area contributed by atoms with Crippen molar-refractivity contribution in [3.63, 3.8) is 0 Å². The molecule has 3 unspecified atom stereocenters. The minimum absolute atomic E-state index is 0.0146. The van der Waals surface area contributed by atoms with Gasteiger partial charge in [0.15, 0.2) is 58.9 Å². The predicted molar refractivity (Wildman–Crippen MR) is 447 cm³/mol. The molecule has 0 radical (unpaired) electrons. The summed E-state index contributed by atoms with van der Waals surface area (Å²) in [4.78, 5) is 44.1. The largest absolute Gasteiger partial charge is 0.508 e. The van der Waals surface area contributed by atoms with E-state index in [0.29, 0.717) is 37.6 Å². The molecule has 9 nitrogen and oxygen atoms in total.